The van der Waals surface area contributed by atoms with E-state index in [2.05, 4.69) is 6.92 Å². The summed E-state index contributed by atoms with van der Waals surface area (Å²) in [6.07, 6.45) is 0.838. The van der Waals surface area contributed by atoms with Crippen molar-refractivity contribution in [3.05, 3.63) is 34.9 Å². The summed E-state index contributed by atoms with van der Waals surface area (Å²) in [7, 11) is 1.70. The maximum atomic E-state index is 6.06. The molecule has 0 aliphatic heterocycles. The first-order valence-corrected chi connectivity index (χ1v) is 5.50. The Hall–Kier alpha value is -0.570. The molecule has 2 atom stereocenters. The van der Waals surface area contributed by atoms with Gasteiger partial charge in [0.15, 0.2) is 0 Å². The van der Waals surface area contributed by atoms with Gasteiger partial charge >= 0.3 is 0 Å². The molecule has 0 saturated heterocycles. The van der Waals surface area contributed by atoms with Crippen LogP contribution in [0.25, 0.3) is 0 Å². The minimum absolute atomic E-state index is 0.114. The highest BCUT2D eigenvalue weighted by atomic mass is 35.5. The Morgan fingerprint density at radius 2 is 2.20 bits per heavy atom. The molecule has 1 rings (SSSR count). The number of nitrogens with two attached hydrogens (primary N) is 1. The zero-order valence-electron chi connectivity index (χ0n) is 9.24. The van der Waals surface area contributed by atoms with Crippen LogP contribution in [-0.4, -0.2) is 19.8 Å². The van der Waals surface area contributed by atoms with Crippen molar-refractivity contribution in [2.45, 2.75) is 19.4 Å². The molecule has 3 heteroatoms. The van der Waals surface area contributed by atoms with Gasteiger partial charge in [-0.05, 0) is 30.0 Å². The third-order valence-corrected chi connectivity index (χ3v) is 2.76. The maximum absolute atomic E-state index is 6.06. The van der Waals surface area contributed by atoms with Gasteiger partial charge in [-0.25, -0.2) is 0 Å². The van der Waals surface area contributed by atoms with Crippen molar-refractivity contribution in [3.8, 4) is 0 Å². The summed E-state index contributed by atoms with van der Waals surface area (Å²) in [5.41, 5.74) is 7.24. The molecular formula is C12H18ClNO. The first-order valence-electron chi connectivity index (χ1n) is 5.12. The zero-order chi connectivity index (χ0) is 11.3. The standard InChI is InChI=1S/C12H18ClNO/c1-9(8-15-2)12(14)7-10-4-3-5-11(13)6-10/h3-6,9,12H,7-8,14H2,1-2H3. The number of methoxy groups -OCH3 is 1. The van der Waals surface area contributed by atoms with Crippen LogP contribution in [0.1, 0.15) is 12.5 Å². The van der Waals surface area contributed by atoms with E-state index in [0.717, 1.165) is 11.4 Å². The average molecular weight is 228 g/mol. The number of rotatable bonds is 5. The topological polar surface area (TPSA) is 35.2 Å². The van der Waals surface area contributed by atoms with Crippen molar-refractivity contribution in [2.24, 2.45) is 11.7 Å². The lowest BCUT2D eigenvalue weighted by atomic mass is 9.96. The smallest absolute Gasteiger partial charge is 0.0502 e. The van der Waals surface area contributed by atoms with Crippen molar-refractivity contribution in [3.63, 3.8) is 0 Å². The van der Waals surface area contributed by atoms with Crippen LogP contribution in [0.15, 0.2) is 24.3 Å². The minimum atomic E-state index is 0.114. The summed E-state index contributed by atoms with van der Waals surface area (Å²) in [6.45, 7) is 2.79. The van der Waals surface area contributed by atoms with Crippen LogP contribution in [0.3, 0.4) is 0 Å². The SMILES string of the molecule is COCC(C)C(N)Cc1cccc(Cl)c1. The third kappa shape index (κ3) is 4.20. The van der Waals surface area contributed by atoms with Crippen molar-refractivity contribution in [1.82, 2.24) is 0 Å². The fraction of sp³-hybridized carbons (Fsp3) is 0.500. The Morgan fingerprint density at radius 1 is 1.47 bits per heavy atom. The van der Waals surface area contributed by atoms with Crippen molar-refractivity contribution in [2.75, 3.05) is 13.7 Å². The van der Waals surface area contributed by atoms with Gasteiger partial charge in [-0.15, -0.1) is 0 Å². The van der Waals surface area contributed by atoms with Crippen LogP contribution in [0.2, 0.25) is 5.02 Å². The quantitative estimate of drug-likeness (QED) is 0.839. The van der Waals surface area contributed by atoms with Crippen molar-refractivity contribution in [1.29, 1.82) is 0 Å². The Balaban J connectivity index is 2.54. The van der Waals surface area contributed by atoms with E-state index in [4.69, 9.17) is 22.1 Å². The molecule has 0 radical (unpaired) electrons. The van der Waals surface area contributed by atoms with E-state index in [1.54, 1.807) is 7.11 Å². The van der Waals surface area contributed by atoms with Gasteiger partial charge in [0, 0.05) is 18.2 Å². The van der Waals surface area contributed by atoms with Crippen LogP contribution in [0.5, 0.6) is 0 Å². The fourth-order valence-electron chi connectivity index (χ4n) is 1.52. The molecular weight excluding hydrogens is 210 g/mol. The average Bonchev–Trinajstić information content (AvgIpc) is 2.18. The number of hydrogen-bond donors (Lipinski definition) is 1. The van der Waals surface area contributed by atoms with Gasteiger partial charge < -0.3 is 10.5 Å². The second kappa shape index (κ2) is 6.11. The second-order valence-corrected chi connectivity index (χ2v) is 4.37. The lowest BCUT2D eigenvalue weighted by Crippen LogP contribution is -2.33. The summed E-state index contributed by atoms with van der Waals surface area (Å²) < 4.78 is 5.08. The zero-order valence-corrected chi connectivity index (χ0v) is 10.00. The van der Waals surface area contributed by atoms with E-state index in [-0.39, 0.29) is 6.04 Å². The first kappa shape index (κ1) is 12.5. The molecule has 2 unspecified atom stereocenters. The van der Waals surface area contributed by atoms with E-state index in [1.165, 1.54) is 5.56 Å². The van der Waals surface area contributed by atoms with Gasteiger partial charge in [0.1, 0.15) is 0 Å². The summed E-state index contributed by atoms with van der Waals surface area (Å²) in [6, 6.07) is 7.94. The number of ether oxygens (including phenoxy) is 1. The molecule has 1 aromatic carbocycles. The van der Waals surface area contributed by atoms with E-state index in [1.807, 2.05) is 24.3 Å². The van der Waals surface area contributed by atoms with Crippen molar-refractivity contribution < 1.29 is 4.74 Å². The van der Waals surface area contributed by atoms with E-state index in [9.17, 15) is 0 Å². The largest absolute Gasteiger partial charge is 0.384 e. The molecule has 2 N–H and O–H groups in total. The van der Waals surface area contributed by atoms with E-state index >= 15 is 0 Å². The molecule has 0 bridgehead atoms. The first-order chi connectivity index (χ1) is 7.13. The summed E-state index contributed by atoms with van der Waals surface area (Å²) in [5.74, 6) is 0.356. The fourth-order valence-corrected chi connectivity index (χ4v) is 1.74. The lowest BCUT2D eigenvalue weighted by molar-refractivity contribution is 0.147. The van der Waals surface area contributed by atoms with Gasteiger partial charge in [0.2, 0.25) is 0 Å². The summed E-state index contributed by atoms with van der Waals surface area (Å²) in [5, 5.41) is 0.763. The van der Waals surface area contributed by atoms with Crippen LogP contribution in [-0.2, 0) is 11.2 Å². The highest BCUT2D eigenvalue weighted by Gasteiger charge is 2.12. The summed E-state index contributed by atoms with van der Waals surface area (Å²) >= 11 is 5.90. The molecule has 84 valence electrons. The van der Waals surface area contributed by atoms with Crippen LogP contribution < -0.4 is 5.73 Å². The molecule has 0 saturated carbocycles. The molecule has 0 aliphatic rings. The molecule has 0 aromatic heterocycles. The second-order valence-electron chi connectivity index (χ2n) is 3.93. The third-order valence-electron chi connectivity index (χ3n) is 2.52. The molecule has 2 nitrogen and oxygen atoms in total. The Bertz CT molecular complexity index is 303. The molecule has 1 aromatic rings. The van der Waals surface area contributed by atoms with Crippen LogP contribution in [0, 0.1) is 5.92 Å². The molecule has 0 fully saturated rings. The predicted molar refractivity (Wildman–Crippen MR) is 64.2 cm³/mol. The number of hydrogen-bond acceptors (Lipinski definition) is 2. The number of halogens is 1. The van der Waals surface area contributed by atoms with Gasteiger partial charge in [0.25, 0.3) is 0 Å². The summed E-state index contributed by atoms with van der Waals surface area (Å²) in [4.78, 5) is 0. The van der Waals surface area contributed by atoms with Gasteiger partial charge in [-0.2, -0.15) is 0 Å². The molecule has 0 heterocycles. The van der Waals surface area contributed by atoms with E-state index in [0.29, 0.717) is 12.5 Å². The van der Waals surface area contributed by atoms with Gasteiger partial charge in [-0.1, -0.05) is 30.7 Å². The molecule has 0 spiro atoms. The van der Waals surface area contributed by atoms with Crippen LogP contribution in [0.4, 0.5) is 0 Å². The predicted octanol–water partition coefficient (Wildman–Crippen LogP) is 2.49. The maximum Gasteiger partial charge on any atom is 0.0502 e. The Kier molecular flexibility index (Phi) is 5.09. The lowest BCUT2D eigenvalue weighted by Gasteiger charge is -2.19. The molecule has 0 aliphatic carbocycles. The Labute approximate surface area is 96.4 Å². The molecule has 15 heavy (non-hydrogen) atoms. The normalized spacial score (nSPS) is 14.9. The van der Waals surface area contributed by atoms with E-state index < -0.39 is 0 Å². The van der Waals surface area contributed by atoms with Crippen molar-refractivity contribution >= 4 is 11.6 Å². The van der Waals surface area contributed by atoms with Gasteiger partial charge in [-0.3, -0.25) is 0 Å². The highest BCUT2D eigenvalue weighted by molar-refractivity contribution is 6.30. The molecule has 0 amide bonds. The Morgan fingerprint density at radius 3 is 2.80 bits per heavy atom. The highest BCUT2D eigenvalue weighted by Crippen LogP contribution is 2.14. The van der Waals surface area contributed by atoms with Crippen LogP contribution >= 0.6 is 11.6 Å². The van der Waals surface area contributed by atoms with Gasteiger partial charge in [0.05, 0.1) is 6.61 Å². The minimum Gasteiger partial charge on any atom is -0.384 e. The monoisotopic (exact) mass is 227 g/mol. The number of benzene rings is 1.